The van der Waals surface area contributed by atoms with E-state index in [1.54, 1.807) is 42.7 Å². The maximum absolute atomic E-state index is 13.0. The number of aryl methyl sites for hydroxylation is 1. The number of sulfonamides is 1. The molecule has 2 heterocycles. The van der Waals surface area contributed by atoms with Crippen LogP contribution in [-0.4, -0.2) is 48.4 Å². The minimum atomic E-state index is -3.36. The molecule has 0 atom stereocenters. The molecule has 1 fully saturated rings. The fourth-order valence-corrected chi connectivity index (χ4v) is 5.97. The average molecular weight is 521 g/mol. The zero-order chi connectivity index (χ0) is 26.1. The van der Waals surface area contributed by atoms with Gasteiger partial charge < -0.3 is 10.6 Å². The third kappa shape index (κ3) is 7.47. The molecule has 0 aliphatic carbocycles. The molecule has 1 aromatic heterocycles. The molecule has 194 valence electrons. The van der Waals surface area contributed by atoms with E-state index in [4.69, 9.17) is 0 Å². The van der Waals surface area contributed by atoms with Crippen LogP contribution < -0.4 is 10.6 Å². The molecule has 3 aromatic rings. The summed E-state index contributed by atoms with van der Waals surface area (Å²) in [4.78, 5) is 29.8. The second-order valence-corrected chi connectivity index (χ2v) is 11.2. The van der Waals surface area contributed by atoms with Gasteiger partial charge in [-0.3, -0.25) is 14.6 Å². The van der Waals surface area contributed by atoms with Crippen molar-refractivity contribution < 1.29 is 18.0 Å². The van der Waals surface area contributed by atoms with E-state index in [0.29, 0.717) is 56.6 Å². The Morgan fingerprint density at radius 3 is 2.35 bits per heavy atom. The van der Waals surface area contributed by atoms with E-state index in [9.17, 15) is 18.0 Å². The first kappa shape index (κ1) is 26.5. The quantitative estimate of drug-likeness (QED) is 0.424. The first-order chi connectivity index (χ1) is 17.9. The second kappa shape index (κ2) is 12.6. The van der Waals surface area contributed by atoms with Gasteiger partial charge in [0.05, 0.1) is 17.0 Å². The molecular formula is C28H32N4O4S. The first-order valence-corrected chi connectivity index (χ1v) is 14.1. The number of para-hydroxylation sites is 1. The Kier molecular flexibility index (Phi) is 9.03. The summed E-state index contributed by atoms with van der Waals surface area (Å²) in [5.41, 5.74) is 2.81. The van der Waals surface area contributed by atoms with Crippen molar-refractivity contribution in [3.05, 3.63) is 95.8 Å². The fraction of sp³-hybridized carbons (Fsp3) is 0.321. The third-order valence-electron chi connectivity index (χ3n) is 6.53. The highest BCUT2D eigenvalue weighted by Crippen LogP contribution is 2.23. The standard InChI is InChI=1S/C28H32N4O4S/c33-27(31-26-13-5-4-12-25(26)28(34)30-21-23-10-6-16-29-20-23)24-14-17-32(18-15-24)37(35,36)19-7-11-22-8-2-1-3-9-22/h1-6,8-10,12-13,16,20,24H,7,11,14-15,17-19,21H2,(H,30,34)(H,31,33). The van der Waals surface area contributed by atoms with Gasteiger partial charge in [0.15, 0.2) is 0 Å². The van der Waals surface area contributed by atoms with Gasteiger partial charge in [0.1, 0.15) is 0 Å². The Morgan fingerprint density at radius 1 is 0.919 bits per heavy atom. The number of hydrogen-bond donors (Lipinski definition) is 2. The lowest BCUT2D eigenvalue weighted by molar-refractivity contribution is -0.120. The smallest absolute Gasteiger partial charge is 0.253 e. The van der Waals surface area contributed by atoms with Crippen LogP contribution in [0.2, 0.25) is 0 Å². The summed E-state index contributed by atoms with van der Waals surface area (Å²) in [5, 5.41) is 5.74. The largest absolute Gasteiger partial charge is 0.348 e. The van der Waals surface area contributed by atoms with Crippen LogP contribution in [-0.2, 0) is 27.8 Å². The molecule has 1 aliphatic rings. The van der Waals surface area contributed by atoms with Crippen molar-refractivity contribution in [1.29, 1.82) is 0 Å². The minimum absolute atomic E-state index is 0.0975. The van der Waals surface area contributed by atoms with Crippen LogP contribution in [0, 0.1) is 5.92 Å². The first-order valence-electron chi connectivity index (χ1n) is 12.5. The summed E-state index contributed by atoms with van der Waals surface area (Å²) in [5.74, 6) is -0.715. The molecule has 2 N–H and O–H groups in total. The molecule has 4 rings (SSSR count). The molecule has 0 radical (unpaired) electrons. The van der Waals surface area contributed by atoms with Gasteiger partial charge in [-0.15, -0.1) is 0 Å². The van der Waals surface area contributed by atoms with Gasteiger partial charge in [-0.1, -0.05) is 48.5 Å². The summed E-state index contributed by atoms with van der Waals surface area (Å²) in [6, 6.07) is 20.4. The monoisotopic (exact) mass is 520 g/mol. The molecule has 2 amide bonds. The molecule has 2 aromatic carbocycles. The van der Waals surface area contributed by atoms with E-state index < -0.39 is 10.0 Å². The number of carbonyl (C=O) groups excluding carboxylic acids is 2. The van der Waals surface area contributed by atoms with Gasteiger partial charge in [-0.25, -0.2) is 12.7 Å². The van der Waals surface area contributed by atoms with Crippen molar-refractivity contribution in [3.8, 4) is 0 Å². The van der Waals surface area contributed by atoms with Crippen LogP contribution in [0.25, 0.3) is 0 Å². The number of amides is 2. The summed E-state index contributed by atoms with van der Waals surface area (Å²) in [6.07, 6.45) is 5.52. The maximum Gasteiger partial charge on any atom is 0.253 e. The van der Waals surface area contributed by atoms with Gasteiger partial charge in [0, 0.05) is 37.9 Å². The highest BCUT2D eigenvalue weighted by atomic mass is 32.2. The van der Waals surface area contributed by atoms with Gasteiger partial charge in [-0.05, 0) is 55.0 Å². The number of hydrogen-bond acceptors (Lipinski definition) is 5. The summed E-state index contributed by atoms with van der Waals surface area (Å²) < 4.78 is 27.1. The molecule has 8 nitrogen and oxygen atoms in total. The highest BCUT2D eigenvalue weighted by molar-refractivity contribution is 7.89. The van der Waals surface area contributed by atoms with E-state index in [1.807, 2.05) is 36.4 Å². The lowest BCUT2D eigenvalue weighted by atomic mass is 9.97. The molecule has 1 aliphatic heterocycles. The second-order valence-electron chi connectivity index (χ2n) is 9.16. The number of aromatic nitrogens is 1. The zero-order valence-corrected chi connectivity index (χ0v) is 21.5. The normalized spacial score (nSPS) is 14.7. The number of carbonyl (C=O) groups is 2. The molecule has 1 saturated heterocycles. The third-order valence-corrected chi connectivity index (χ3v) is 8.49. The van der Waals surface area contributed by atoms with Crippen LogP contribution in [0.3, 0.4) is 0 Å². The molecule has 0 unspecified atom stereocenters. The number of nitrogens with one attached hydrogen (secondary N) is 2. The van der Waals surface area contributed by atoms with Gasteiger partial charge >= 0.3 is 0 Å². The molecular weight excluding hydrogens is 488 g/mol. The Balaban J connectivity index is 1.27. The highest BCUT2D eigenvalue weighted by Gasteiger charge is 2.31. The predicted molar refractivity (Wildman–Crippen MR) is 143 cm³/mol. The number of rotatable bonds is 10. The maximum atomic E-state index is 13.0. The van der Waals surface area contributed by atoms with E-state index in [2.05, 4.69) is 15.6 Å². The summed E-state index contributed by atoms with van der Waals surface area (Å²) >= 11 is 0. The molecule has 0 bridgehead atoms. The number of pyridine rings is 1. The summed E-state index contributed by atoms with van der Waals surface area (Å²) in [7, 11) is -3.36. The van der Waals surface area contributed by atoms with Crippen molar-refractivity contribution in [3.63, 3.8) is 0 Å². The van der Waals surface area contributed by atoms with Gasteiger partial charge in [-0.2, -0.15) is 0 Å². The van der Waals surface area contributed by atoms with Crippen LogP contribution >= 0.6 is 0 Å². The Morgan fingerprint density at radius 2 is 1.62 bits per heavy atom. The molecule has 37 heavy (non-hydrogen) atoms. The molecule has 9 heteroatoms. The van der Waals surface area contributed by atoms with Crippen molar-refractivity contribution in [1.82, 2.24) is 14.6 Å². The van der Waals surface area contributed by atoms with Crippen molar-refractivity contribution >= 4 is 27.5 Å². The van der Waals surface area contributed by atoms with Gasteiger partial charge in [0.25, 0.3) is 5.91 Å². The van der Waals surface area contributed by atoms with Crippen LogP contribution in [0.4, 0.5) is 5.69 Å². The van der Waals surface area contributed by atoms with Crippen molar-refractivity contribution in [2.45, 2.75) is 32.2 Å². The van der Waals surface area contributed by atoms with E-state index in [-0.39, 0.29) is 23.5 Å². The average Bonchev–Trinajstić information content (AvgIpc) is 2.93. The van der Waals surface area contributed by atoms with Crippen molar-refractivity contribution in [2.24, 2.45) is 5.92 Å². The topological polar surface area (TPSA) is 108 Å². The number of benzene rings is 2. The molecule has 0 saturated carbocycles. The minimum Gasteiger partial charge on any atom is -0.348 e. The summed E-state index contributed by atoms with van der Waals surface area (Å²) in [6.45, 7) is 0.964. The van der Waals surface area contributed by atoms with E-state index in [1.165, 1.54) is 4.31 Å². The Hall–Kier alpha value is -3.56. The number of nitrogens with zero attached hydrogens (tertiary/aromatic N) is 2. The lowest BCUT2D eigenvalue weighted by Gasteiger charge is -2.30. The number of anilines is 1. The van der Waals surface area contributed by atoms with Crippen molar-refractivity contribution in [2.75, 3.05) is 24.2 Å². The van der Waals surface area contributed by atoms with Gasteiger partial charge in [0.2, 0.25) is 15.9 Å². The zero-order valence-electron chi connectivity index (χ0n) is 20.7. The predicted octanol–water partition coefficient (Wildman–Crippen LogP) is 3.62. The Labute approximate surface area is 218 Å². The van der Waals surface area contributed by atoms with E-state index in [0.717, 1.165) is 11.1 Å². The Bertz CT molecular complexity index is 1290. The lowest BCUT2D eigenvalue weighted by Crippen LogP contribution is -2.42. The van der Waals surface area contributed by atoms with Crippen LogP contribution in [0.5, 0.6) is 0 Å². The molecule has 0 spiro atoms. The van der Waals surface area contributed by atoms with Crippen LogP contribution in [0.15, 0.2) is 79.1 Å². The fourth-order valence-electron chi connectivity index (χ4n) is 4.43. The van der Waals surface area contributed by atoms with E-state index >= 15 is 0 Å². The number of piperidine rings is 1. The van der Waals surface area contributed by atoms with Crippen LogP contribution in [0.1, 0.15) is 40.7 Å². The SMILES string of the molecule is O=C(NCc1cccnc1)c1ccccc1NC(=O)C1CCN(S(=O)(=O)CCCc2ccccc2)CC1.